The van der Waals surface area contributed by atoms with Gasteiger partial charge in [0.15, 0.2) is 0 Å². The highest BCUT2D eigenvalue weighted by Crippen LogP contribution is 2.19. The summed E-state index contributed by atoms with van der Waals surface area (Å²) in [6, 6.07) is 3.57. The second kappa shape index (κ2) is 6.22. The summed E-state index contributed by atoms with van der Waals surface area (Å²) in [5, 5.41) is 18.7. The molecular formula is C14H22N2O3S. The molecular weight excluding hydrogens is 276 g/mol. The van der Waals surface area contributed by atoms with Crippen LogP contribution in [-0.4, -0.2) is 64.3 Å². The van der Waals surface area contributed by atoms with Crippen molar-refractivity contribution in [1.82, 2.24) is 9.80 Å². The van der Waals surface area contributed by atoms with Gasteiger partial charge in [-0.3, -0.25) is 9.80 Å². The van der Waals surface area contributed by atoms with Crippen molar-refractivity contribution in [2.45, 2.75) is 26.0 Å². The van der Waals surface area contributed by atoms with E-state index in [0.29, 0.717) is 11.4 Å². The Labute approximate surface area is 123 Å². The maximum absolute atomic E-state index is 10.8. The monoisotopic (exact) mass is 298 g/mol. The summed E-state index contributed by atoms with van der Waals surface area (Å²) >= 11 is 1.35. The van der Waals surface area contributed by atoms with E-state index >= 15 is 0 Å². The molecule has 6 heteroatoms. The first-order valence-corrected chi connectivity index (χ1v) is 7.64. The first kappa shape index (κ1) is 15.4. The van der Waals surface area contributed by atoms with Crippen LogP contribution in [0.25, 0.3) is 0 Å². The zero-order valence-corrected chi connectivity index (χ0v) is 12.8. The predicted molar refractivity (Wildman–Crippen MR) is 79.3 cm³/mol. The van der Waals surface area contributed by atoms with Crippen LogP contribution >= 0.6 is 11.3 Å². The minimum Gasteiger partial charge on any atom is -0.477 e. The van der Waals surface area contributed by atoms with E-state index in [0.717, 1.165) is 37.6 Å². The summed E-state index contributed by atoms with van der Waals surface area (Å²) in [7, 11) is 0. The van der Waals surface area contributed by atoms with Gasteiger partial charge >= 0.3 is 5.97 Å². The molecule has 0 aliphatic carbocycles. The summed E-state index contributed by atoms with van der Waals surface area (Å²) in [5.41, 5.74) is -0.647. The molecule has 2 rings (SSSR count). The minimum atomic E-state index is -0.851. The van der Waals surface area contributed by atoms with E-state index in [-0.39, 0.29) is 0 Å². The quantitative estimate of drug-likeness (QED) is 0.859. The Morgan fingerprint density at radius 1 is 1.25 bits per heavy atom. The van der Waals surface area contributed by atoms with Gasteiger partial charge in [-0.15, -0.1) is 11.3 Å². The van der Waals surface area contributed by atoms with Gasteiger partial charge in [-0.1, -0.05) is 0 Å². The molecule has 1 aliphatic rings. The average Bonchev–Trinajstić information content (AvgIpc) is 2.78. The van der Waals surface area contributed by atoms with Crippen LogP contribution < -0.4 is 0 Å². The van der Waals surface area contributed by atoms with Gasteiger partial charge < -0.3 is 10.2 Å². The van der Waals surface area contributed by atoms with Crippen LogP contribution in [0.5, 0.6) is 0 Å². The number of hydrogen-bond acceptors (Lipinski definition) is 5. The number of rotatable bonds is 5. The lowest BCUT2D eigenvalue weighted by Gasteiger charge is -2.37. The molecule has 1 aromatic heterocycles. The Morgan fingerprint density at radius 3 is 2.35 bits per heavy atom. The molecule has 5 nitrogen and oxygen atoms in total. The van der Waals surface area contributed by atoms with Crippen molar-refractivity contribution in [3.63, 3.8) is 0 Å². The number of hydrogen-bond donors (Lipinski definition) is 2. The lowest BCUT2D eigenvalue weighted by molar-refractivity contribution is 0.0168. The molecule has 1 saturated heterocycles. The predicted octanol–water partition coefficient (Wildman–Crippen LogP) is 1.33. The van der Waals surface area contributed by atoms with E-state index in [4.69, 9.17) is 5.11 Å². The fraction of sp³-hybridized carbons (Fsp3) is 0.643. The molecule has 0 radical (unpaired) electrons. The minimum absolute atomic E-state index is 0.403. The van der Waals surface area contributed by atoms with Crippen LogP contribution in [-0.2, 0) is 6.54 Å². The molecule has 0 unspecified atom stereocenters. The maximum Gasteiger partial charge on any atom is 0.345 e. The number of carbonyl (C=O) groups is 1. The molecule has 112 valence electrons. The van der Waals surface area contributed by atoms with Crippen molar-refractivity contribution in [1.29, 1.82) is 0 Å². The molecule has 0 bridgehead atoms. The van der Waals surface area contributed by atoms with Crippen molar-refractivity contribution < 1.29 is 15.0 Å². The smallest absolute Gasteiger partial charge is 0.345 e. The molecule has 0 aromatic carbocycles. The lowest BCUT2D eigenvalue weighted by atomic mass is 10.1. The second-order valence-corrected chi connectivity index (χ2v) is 7.10. The fourth-order valence-corrected chi connectivity index (χ4v) is 3.34. The van der Waals surface area contributed by atoms with Crippen molar-refractivity contribution in [3.05, 3.63) is 21.9 Å². The van der Waals surface area contributed by atoms with E-state index in [9.17, 15) is 9.90 Å². The first-order valence-electron chi connectivity index (χ1n) is 6.82. The van der Waals surface area contributed by atoms with Gasteiger partial charge in [0, 0.05) is 44.1 Å². The Morgan fingerprint density at radius 2 is 1.85 bits per heavy atom. The van der Waals surface area contributed by atoms with Gasteiger partial charge in [-0.2, -0.15) is 0 Å². The Hall–Kier alpha value is -0.950. The Bertz CT molecular complexity index is 459. The summed E-state index contributed by atoms with van der Waals surface area (Å²) in [4.78, 5) is 17.0. The van der Waals surface area contributed by atoms with Gasteiger partial charge in [0.25, 0.3) is 0 Å². The Kier molecular flexibility index (Phi) is 4.80. The van der Waals surface area contributed by atoms with Crippen LogP contribution in [0.2, 0.25) is 0 Å². The fourth-order valence-electron chi connectivity index (χ4n) is 2.45. The van der Waals surface area contributed by atoms with Crippen molar-refractivity contribution in [2.75, 3.05) is 32.7 Å². The van der Waals surface area contributed by atoms with E-state index in [1.54, 1.807) is 6.07 Å². The summed E-state index contributed by atoms with van der Waals surface area (Å²) in [5.74, 6) is -0.851. The Balaban J connectivity index is 1.80. The number of β-amino-alcohol motifs (C(OH)–C–C–N with tert-alkyl or cyclic N) is 1. The molecule has 1 aromatic rings. The summed E-state index contributed by atoms with van der Waals surface area (Å²) < 4.78 is 0. The molecule has 0 saturated carbocycles. The van der Waals surface area contributed by atoms with Gasteiger partial charge in [-0.05, 0) is 26.0 Å². The van der Waals surface area contributed by atoms with E-state index in [2.05, 4.69) is 9.80 Å². The van der Waals surface area contributed by atoms with E-state index < -0.39 is 11.6 Å². The van der Waals surface area contributed by atoms with Gasteiger partial charge in [0.2, 0.25) is 0 Å². The third-order valence-corrected chi connectivity index (χ3v) is 4.39. The zero-order chi connectivity index (χ0) is 14.8. The summed E-state index contributed by atoms with van der Waals surface area (Å²) in [6.07, 6.45) is 0. The lowest BCUT2D eigenvalue weighted by Crippen LogP contribution is -2.50. The number of aromatic carboxylic acids is 1. The van der Waals surface area contributed by atoms with Gasteiger partial charge in [-0.25, -0.2) is 4.79 Å². The van der Waals surface area contributed by atoms with Crippen LogP contribution in [0, 0.1) is 0 Å². The highest BCUT2D eigenvalue weighted by atomic mass is 32.1. The second-order valence-electron chi connectivity index (χ2n) is 5.94. The third-order valence-electron chi connectivity index (χ3n) is 3.33. The SMILES string of the molecule is CC(C)(O)CN1CCN(Cc2ccc(C(=O)O)s2)CC1. The van der Waals surface area contributed by atoms with E-state index in [1.165, 1.54) is 11.3 Å². The molecule has 0 atom stereocenters. The number of thiophene rings is 1. The number of aliphatic hydroxyl groups is 1. The molecule has 1 fully saturated rings. The molecule has 0 amide bonds. The highest BCUT2D eigenvalue weighted by molar-refractivity contribution is 7.13. The maximum atomic E-state index is 10.8. The molecule has 20 heavy (non-hydrogen) atoms. The molecule has 0 spiro atoms. The van der Waals surface area contributed by atoms with Crippen LogP contribution in [0.3, 0.4) is 0 Å². The normalized spacial score (nSPS) is 18.4. The molecule has 2 N–H and O–H groups in total. The summed E-state index contributed by atoms with van der Waals surface area (Å²) in [6.45, 7) is 8.98. The van der Waals surface area contributed by atoms with Crippen LogP contribution in [0.15, 0.2) is 12.1 Å². The topological polar surface area (TPSA) is 64.0 Å². The average molecular weight is 298 g/mol. The third kappa shape index (κ3) is 4.56. The standard InChI is InChI=1S/C14H22N2O3S/c1-14(2,19)10-16-7-5-15(6-8-16)9-11-3-4-12(20-11)13(17)18/h3-4,19H,5-10H2,1-2H3,(H,17,18). The van der Waals surface area contributed by atoms with E-state index in [1.807, 2.05) is 19.9 Å². The van der Waals surface area contributed by atoms with Gasteiger partial charge in [0.1, 0.15) is 4.88 Å². The van der Waals surface area contributed by atoms with Crippen molar-refractivity contribution in [2.24, 2.45) is 0 Å². The van der Waals surface area contributed by atoms with Crippen molar-refractivity contribution in [3.8, 4) is 0 Å². The largest absolute Gasteiger partial charge is 0.477 e. The number of carboxylic acid groups (broad SMARTS) is 1. The van der Waals surface area contributed by atoms with Crippen LogP contribution in [0.1, 0.15) is 28.4 Å². The van der Waals surface area contributed by atoms with Crippen molar-refractivity contribution >= 4 is 17.3 Å². The number of carboxylic acids is 1. The highest BCUT2D eigenvalue weighted by Gasteiger charge is 2.23. The zero-order valence-electron chi connectivity index (χ0n) is 12.0. The first-order chi connectivity index (χ1) is 9.33. The number of nitrogens with zero attached hydrogens (tertiary/aromatic N) is 2. The van der Waals surface area contributed by atoms with Crippen LogP contribution in [0.4, 0.5) is 0 Å². The molecule has 1 aliphatic heterocycles. The number of piperazine rings is 1. The van der Waals surface area contributed by atoms with Gasteiger partial charge in [0.05, 0.1) is 5.60 Å². The molecule has 2 heterocycles.